The fourth-order valence-electron chi connectivity index (χ4n) is 2.56. The topological polar surface area (TPSA) is 77.0 Å². The molecule has 0 bridgehead atoms. The first-order valence-corrected chi connectivity index (χ1v) is 7.46. The number of rotatable bonds is 5. The second-order valence-electron chi connectivity index (χ2n) is 5.94. The van der Waals surface area contributed by atoms with Crippen LogP contribution in [0.15, 0.2) is 24.3 Å². The third-order valence-corrected chi connectivity index (χ3v) is 3.55. The van der Waals surface area contributed by atoms with Crippen LogP contribution in [0.3, 0.4) is 0 Å². The van der Waals surface area contributed by atoms with Crippen LogP contribution in [0.4, 0.5) is 5.69 Å². The van der Waals surface area contributed by atoms with Crippen molar-refractivity contribution in [2.45, 2.75) is 45.3 Å². The molecule has 1 aliphatic rings. The zero-order valence-electron chi connectivity index (χ0n) is 12.9. The Balaban J connectivity index is 2.07. The summed E-state index contributed by atoms with van der Waals surface area (Å²) >= 11 is 0. The molecule has 1 fully saturated rings. The van der Waals surface area contributed by atoms with Crippen LogP contribution in [-0.4, -0.2) is 36.3 Å². The number of hydrogen-bond donors (Lipinski definition) is 4. The summed E-state index contributed by atoms with van der Waals surface area (Å²) in [6.45, 7) is 6.93. The second-order valence-corrected chi connectivity index (χ2v) is 5.94. The summed E-state index contributed by atoms with van der Waals surface area (Å²) in [6.07, 6.45) is 0.908. The van der Waals surface area contributed by atoms with Crippen LogP contribution in [0.1, 0.15) is 32.8 Å². The summed E-state index contributed by atoms with van der Waals surface area (Å²) in [5.41, 5.74) is 1.48. The van der Waals surface area contributed by atoms with Crippen LogP contribution in [0.5, 0.6) is 0 Å². The average Bonchev–Trinajstić information content (AvgIpc) is 2.83. The van der Waals surface area contributed by atoms with E-state index in [1.807, 2.05) is 38.1 Å². The fourth-order valence-corrected chi connectivity index (χ4v) is 2.56. The van der Waals surface area contributed by atoms with E-state index in [0.29, 0.717) is 11.6 Å². The van der Waals surface area contributed by atoms with Crippen molar-refractivity contribution in [2.75, 3.05) is 11.9 Å². The Morgan fingerprint density at radius 2 is 2.10 bits per heavy atom. The molecule has 0 aromatic heterocycles. The molecule has 1 heterocycles. The largest absolute Gasteiger partial charge is 0.382 e. The van der Waals surface area contributed by atoms with Crippen LogP contribution in [-0.2, 0) is 4.79 Å². The third-order valence-electron chi connectivity index (χ3n) is 3.55. The molecule has 114 valence electrons. The summed E-state index contributed by atoms with van der Waals surface area (Å²) in [7, 11) is 0. The maximum absolute atomic E-state index is 12.3. The summed E-state index contributed by atoms with van der Waals surface area (Å²) in [5, 5.41) is 17.7. The van der Waals surface area contributed by atoms with E-state index in [0.717, 1.165) is 18.7 Å². The lowest BCUT2D eigenvalue weighted by Crippen LogP contribution is -2.40. The van der Waals surface area contributed by atoms with Gasteiger partial charge in [-0.1, -0.05) is 18.2 Å². The summed E-state index contributed by atoms with van der Waals surface area (Å²) in [6, 6.07) is 8.24. The number of amides is 1. The number of benzene rings is 1. The van der Waals surface area contributed by atoms with Crippen molar-refractivity contribution in [1.29, 1.82) is 5.41 Å². The Kier molecular flexibility index (Phi) is 4.96. The van der Waals surface area contributed by atoms with Gasteiger partial charge in [0, 0.05) is 35.9 Å². The van der Waals surface area contributed by atoms with Gasteiger partial charge in [0.2, 0.25) is 0 Å². The Hall–Kier alpha value is -1.88. The summed E-state index contributed by atoms with van der Waals surface area (Å²) in [5.74, 6) is -0.311. The first kappa shape index (κ1) is 15.5. The Morgan fingerprint density at radius 3 is 2.71 bits per heavy atom. The van der Waals surface area contributed by atoms with Gasteiger partial charge in [0.05, 0.1) is 0 Å². The summed E-state index contributed by atoms with van der Waals surface area (Å²) < 4.78 is 0. The molecule has 2 unspecified atom stereocenters. The molecule has 1 amide bonds. The SMILES string of the molecule is CC(C)Nc1ccccc1C(=N)C(=O)NC1CNC(C)C1. The first-order valence-electron chi connectivity index (χ1n) is 7.46. The lowest BCUT2D eigenvalue weighted by Gasteiger charge is -2.16. The van der Waals surface area contributed by atoms with E-state index in [2.05, 4.69) is 22.9 Å². The molecule has 5 nitrogen and oxygen atoms in total. The van der Waals surface area contributed by atoms with Crippen molar-refractivity contribution < 1.29 is 4.79 Å². The maximum Gasteiger partial charge on any atom is 0.270 e. The van der Waals surface area contributed by atoms with Crippen molar-refractivity contribution in [2.24, 2.45) is 0 Å². The van der Waals surface area contributed by atoms with E-state index in [4.69, 9.17) is 5.41 Å². The van der Waals surface area contributed by atoms with Crippen molar-refractivity contribution in [3.8, 4) is 0 Å². The number of para-hydroxylation sites is 1. The van der Waals surface area contributed by atoms with Crippen LogP contribution in [0.25, 0.3) is 0 Å². The van der Waals surface area contributed by atoms with Gasteiger partial charge in [0.25, 0.3) is 5.91 Å². The van der Waals surface area contributed by atoms with Crippen molar-refractivity contribution >= 4 is 17.3 Å². The van der Waals surface area contributed by atoms with Gasteiger partial charge < -0.3 is 16.0 Å². The van der Waals surface area contributed by atoms with E-state index >= 15 is 0 Å². The normalized spacial score (nSPS) is 21.3. The van der Waals surface area contributed by atoms with Crippen molar-refractivity contribution in [3.63, 3.8) is 0 Å². The van der Waals surface area contributed by atoms with Gasteiger partial charge in [0.1, 0.15) is 5.71 Å². The summed E-state index contributed by atoms with van der Waals surface area (Å²) in [4.78, 5) is 12.3. The minimum Gasteiger partial charge on any atom is -0.382 e. The highest BCUT2D eigenvalue weighted by atomic mass is 16.1. The molecule has 4 N–H and O–H groups in total. The minimum absolute atomic E-state index is 0.0123. The molecule has 1 aromatic rings. The van der Waals surface area contributed by atoms with Crippen molar-refractivity contribution in [3.05, 3.63) is 29.8 Å². The zero-order chi connectivity index (χ0) is 15.4. The van der Waals surface area contributed by atoms with Gasteiger partial charge in [0.15, 0.2) is 0 Å². The van der Waals surface area contributed by atoms with Crippen LogP contribution < -0.4 is 16.0 Å². The number of carbonyl (C=O) groups excluding carboxylic acids is 1. The molecule has 1 aliphatic heterocycles. The molecule has 1 aromatic carbocycles. The van der Waals surface area contributed by atoms with E-state index in [1.54, 1.807) is 0 Å². The van der Waals surface area contributed by atoms with Gasteiger partial charge in [-0.25, -0.2) is 0 Å². The fraction of sp³-hybridized carbons (Fsp3) is 0.500. The molecule has 0 saturated carbocycles. The molecule has 21 heavy (non-hydrogen) atoms. The highest BCUT2D eigenvalue weighted by Gasteiger charge is 2.24. The van der Waals surface area contributed by atoms with Gasteiger partial charge in [-0.3, -0.25) is 10.2 Å². The van der Waals surface area contributed by atoms with E-state index < -0.39 is 0 Å². The molecule has 0 aliphatic carbocycles. The highest BCUT2D eigenvalue weighted by molar-refractivity contribution is 6.45. The van der Waals surface area contributed by atoms with E-state index in [9.17, 15) is 4.79 Å². The highest BCUT2D eigenvalue weighted by Crippen LogP contribution is 2.17. The lowest BCUT2D eigenvalue weighted by molar-refractivity contribution is -0.115. The van der Waals surface area contributed by atoms with Gasteiger partial charge >= 0.3 is 0 Å². The Morgan fingerprint density at radius 1 is 1.38 bits per heavy atom. The smallest absolute Gasteiger partial charge is 0.270 e. The maximum atomic E-state index is 12.3. The molecule has 0 spiro atoms. The molecular weight excluding hydrogens is 264 g/mol. The standard InChI is InChI=1S/C16H24N4O/c1-10(2)19-14-7-5-4-6-13(14)15(17)16(21)20-12-8-11(3)18-9-12/h4-7,10-12,17-19H,8-9H2,1-3H3,(H,20,21). The molecule has 2 rings (SSSR count). The first-order chi connectivity index (χ1) is 9.97. The molecular formula is C16H24N4O. The number of carbonyl (C=O) groups is 1. The minimum atomic E-state index is -0.311. The van der Waals surface area contributed by atoms with Gasteiger partial charge in [-0.2, -0.15) is 0 Å². The predicted octanol–water partition coefficient (Wildman–Crippen LogP) is 1.74. The number of hydrogen-bond acceptors (Lipinski definition) is 4. The van der Waals surface area contributed by atoms with Crippen LogP contribution in [0, 0.1) is 5.41 Å². The van der Waals surface area contributed by atoms with Crippen LogP contribution >= 0.6 is 0 Å². The predicted molar refractivity (Wildman–Crippen MR) is 86.0 cm³/mol. The molecule has 5 heteroatoms. The Bertz CT molecular complexity index is 527. The molecule has 0 radical (unpaired) electrons. The zero-order valence-corrected chi connectivity index (χ0v) is 12.9. The molecule has 1 saturated heterocycles. The Labute approximate surface area is 126 Å². The van der Waals surface area contributed by atoms with Gasteiger partial charge in [-0.05, 0) is 33.3 Å². The number of anilines is 1. The quantitative estimate of drug-likeness (QED) is 0.623. The van der Waals surface area contributed by atoms with Gasteiger partial charge in [-0.15, -0.1) is 0 Å². The third kappa shape index (κ3) is 4.04. The van der Waals surface area contributed by atoms with Crippen molar-refractivity contribution in [1.82, 2.24) is 10.6 Å². The van der Waals surface area contributed by atoms with Crippen LogP contribution in [0.2, 0.25) is 0 Å². The lowest BCUT2D eigenvalue weighted by atomic mass is 10.1. The second kappa shape index (κ2) is 6.72. The van der Waals surface area contributed by atoms with E-state index in [1.165, 1.54) is 0 Å². The molecule has 2 atom stereocenters. The van der Waals surface area contributed by atoms with E-state index in [-0.39, 0.29) is 23.7 Å². The average molecular weight is 288 g/mol. The number of nitrogens with one attached hydrogen (secondary N) is 4. The monoisotopic (exact) mass is 288 g/mol.